The average molecular weight is 539 g/mol. The van der Waals surface area contributed by atoms with Gasteiger partial charge >= 0.3 is 103 Å². The molecule has 0 radical (unpaired) electrons. The van der Waals surface area contributed by atoms with Crippen LogP contribution in [0, 0.1) is 0 Å². The maximum absolute atomic E-state index is 11.3. The fourth-order valence-corrected chi connectivity index (χ4v) is 5.78. The molecule has 0 unspecified atom stereocenters. The second-order valence-electron chi connectivity index (χ2n) is 5.61. The van der Waals surface area contributed by atoms with Crippen molar-refractivity contribution in [3.05, 3.63) is 78.9 Å². The largest absolute Gasteiger partial charge is 1.00 e. The number of hydrogen-bond acceptors (Lipinski definition) is 4. The first-order valence-electron chi connectivity index (χ1n) is 7.66. The summed E-state index contributed by atoms with van der Waals surface area (Å²) in [7, 11) is -9.66. The van der Waals surface area contributed by atoms with E-state index in [0.717, 1.165) is 15.9 Å². The molecule has 0 fully saturated rings. The van der Waals surface area contributed by atoms with Crippen molar-refractivity contribution in [3.8, 4) is 0 Å². The van der Waals surface area contributed by atoms with Crippen molar-refractivity contribution in [1.29, 1.82) is 0 Å². The standard InChI is InChI=1S/C18H15O6PS2.2K.2H2O.2H/c19-26(20,21)17-10-6-15(7-11-17)25(14-4-2-1-3-5-14)16-8-12-18(13-9-16)27(22,23)24;;;;;;/h1-13H,(H,19,20,21)(H,22,23,24);;;2*1H2;;/q;2*+1;;;2*-1. The third-order valence-electron chi connectivity index (χ3n) is 3.80. The second-order valence-corrected chi connectivity index (χ2v) is 10.7. The predicted molar refractivity (Wildman–Crippen MR) is 114 cm³/mol. The maximum atomic E-state index is 11.3. The van der Waals surface area contributed by atoms with Crippen LogP contribution in [0.15, 0.2) is 88.7 Å². The molecule has 0 saturated heterocycles. The minimum absolute atomic E-state index is 0. The molecule has 0 spiro atoms. The van der Waals surface area contributed by atoms with Crippen molar-refractivity contribution in [2.75, 3.05) is 0 Å². The molecule has 0 amide bonds. The van der Waals surface area contributed by atoms with Crippen molar-refractivity contribution < 1.29 is 143 Å². The quantitative estimate of drug-likeness (QED) is 0.186. The van der Waals surface area contributed by atoms with Gasteiger partial charge in [-0.25, -0.2) is 0 Å². The van der Waals surface area contributed by atoms with E-state index in [1.807, 2.05) is 30.3 Å². The third kappa shape index (κ3) is 9.34. The Morgan fingerprint density at radius 1 is 0.548 bits per heavy atom. The summed E-state index contributed by atoms with van der Waals surface area (Å²) in [6.45, 7) is 0. The van der Waals surface area contributed by atoms with Gasteiger partial charge in [-0.3, -0.25) is 9.11 Å². The summed E-state index contributed by atoms with van der Waals surface area (Å²) in [5.41, 5.74) is 0. The molecule has 0 aliphatic rings. The molecule has 0 heterocycles. The monoisotopic (exact) mass is 538 g/mol. The van der Waals surface area contributed by atoms with Gasteiger partial charge in [0.15, 0.2) is 0 Å². The van der Waals surface area contributed by atoms with Gasteiger partial charge in [0.25, 0.3) is 20.2 Å². The fourth-order valence-electron chi connectivity index (χ4n) is 2.56. The first kappa shape index (κ1) is 34.3. The summed E-state index contributed by atoms with van der Waals surface area (Å²) in [5, 5.41) is 2.62. The van der Waals surface area contributed by atoms with Gasteiger partial charge in [0.1, 0.15) is 0 Å². The van der Waals surface area contributed by atoms with E-state index in [2.05, 4.69) is 0 Å². The summed E-state index contributed by atoms with van der Waals surface area (Å²) in [4.78, 5) is -0.396. The zero-order chi connectivity index (χ0) is 19.7. The Morgan fingerprint density at radius 3 is 1.13 bits per heavy atom. The minimum Gasteiger partial charge on any atom is -1.00 e. The molecule has 0 bridgehead atoms. The Kier molecular flexibility index (Phi) is 16.0. The van der Waals surface area contributed by atoms with Gasteiger partial charge in [-0.2, -0.15) is 16.8 Å². The smallest absolute Gasteiger partial charge is 1.00 e. The Bertz CT molecular complexity index is 1090. The van der Waals surface area contributed by atoms with Crippen molar-refractivity contribution in [1.82, 2.24) is 0 Å². The molecule has 31 heavy (non-hydrogen) atoms. The normalized spacial score (nSPS) is 10.7. The molecule has 3 aromatic rings. The van der Waals surface area contributed by atoms with E-state index >= 15 is 0 Å². The molecule has 6 N–H and O–H groups in total. The van der Waals surface area contributed by atoms with Crippen LogP contribution >= 0.6 is 7.92 Å². The first-order valence-corrected chi connectivity index (χ1v) is 11.9. The van der Waals surface area contributed by atoms with Crippen LogP contribution in [-0.2, 0) is 20.2 Å². The van der Waals surface area contributed by atoms with Gasteiger partial charge in [-0.1, -0.05) is 54.6 Å². The summed E-state index contributed by atoms with van der Waals surface area (Å²) < 4.78 is 63.4. The van der Waals surface area contributed by atoms with Gasteiger partial charge in [0.05, 0.1) is 9.79 Å². The molecule has 0 saturated carbocycles. The van der Waals surface area contributed by atoms with Crippen LogP contribution in [0.25, 0.3) is 0 Å². The Hall–Kier alpha value is 1.10. The molecule has 0 aromatic heterocycles. The zero-order valence-corrected chi connectivity index (χ0v) is 25.6. The summed E-state index contributed by atoms with van der Waals surface area (Å²) in [6.07, 6.45) is 0. The van der Waals surface area contributed by atoms with Gasteiger partial charge < -0.3 is 13.8 Å². The molecular formula is C18H21K2O8PS2. The topological polar surface area (TPSA) is 172 Å². The molecular weight excluding hydrogens is 517 g/mol. The fraction of sp³-hybridized carbons (Fsp3) is 0. The zero-order valence-electron chi connectivity index (χ0n) is 18.8. The molecule has 0 aliphatic carbocycles. The van der Waals surface area contributed by atoms with Crippen LogP contribution in [-0.4, -0.2) is 36.9 Å². The van der Waals surface area contributed by atoms with Gasteiger partial charge in [-0.05, 0) is 48.1 Å². The van der Waals surface area contributed by atoms with E-state index in [4.69, 9.17) is 9.11 Å². The molecule has 13 heteroatoms. The molecule has 160 valence electrons. The number of hydrogen-bond donors (Lipinski definition) is 2. The number of rotatable bonds is 5. The van der Waals surface area contributed by atoms with Gasteiger partial charge in [0, 0.05) is 0 Å². The third-order valence-corrected chi connectivity index (χ3v) is 7.98. The van der Waals surface area contributed by atoms with Crippen LogP contribution in [0.4, 0.5) is 0 Å². The average Bonchev–Trinajstić information content (AvgIpc) is 2.62. The van der Waals surface area contributed by atoms with Gasteiger partial charge in [-0.15, -0.1) is 0 Å². The van der Waals surface area contributed by atoms with Crippen LogP contribution in [0.3, 0.4) is 0 Å². The minimum atomic E-state index is -4.28. The Morgan fingerprint density at radius 2 is 0.839 bits per heavy atom. The van der Waals surface area contributed by atoms with Crippen LogP contribution in [0.2, 0.25) is 0 Å². The molecule has 0 aliphatic heterocycles. The van der Waals surface area contributed by atoms with Crippen LogP contribution in [0.5, 0.6) is 0 Å². The SMILES string of the molecule is O.O.O=S(=O)(O)c1ccc(P(c2ccccc2)c2ccc(S(=O)(=O)O)cc2)cc1.[H-].[H-].[K+].[K+]. The van der Waals surface area contributed by atoms with E-state index in [1.54, 1.807) is 24.3 Å². The van der Waals surface area contributed by atoms with Crippen LogP contribution < -0.4 is 119 Å². The molecule has 3 rings (SSSR count). The summed E-state index contributed by atoms with van der Waals surface area (Å²) in [5.74, 6) is 0. The van der Waals surface area contributed by atoms with Crippen molar-refractivity contribution in [3.63, 3.8) is 0 Å². The summed E-state index contributed by atoms with van der Waals surface area (Å²) in [6, 6.07) is 21.3. The van der Waals surface area contributed by atoms with E-state index in [1.165, 1.54) is 24.3 Å². The molecule has 0 atom stereocenters. The van der Waals surface area contributed by atoms with E-state index in [-0.39, 0.29) is 126 Å². The number of benzene rings is 3. The molecule has 8 nitrogen and oxygen atoms in total. The predicted octanol–water partition coefficient (Wildman–Crippen LogP) is -5.48. The molecule has 3 aromatic carbocycles. The van der Waals surface area contributed by atoms with E-state index in [0.29, 0.717) is 0 Å². The second kappa shape index (κ2) is 14.5. The van der Waals surface area contributed by atoms with Crippen LogP contribution in [0.1, 0.15) is 2.85 Å². The van der Waals surface area contributed by atoms with E-state index < -0.39 is 28.2 Å². The van der Waals surface area contributed by atoms with Crippen molar-refractivity contribution in [2.45, 2.75) is 9.79 Å². The Labute approximate surface area is 270 Å². The van der Waals surface area contributed by atoms with Gasteiger partial charge in [0.2, 0.25) is 0 Å². The Balaban J connectivity index is -0.000000701. The van der Waals surface area contributed by atoms with E-state index in [9.17, 15) is 16.8 Å². The first-order chi connectivity index (χ1) is 12.7. The van der Waals surface area contributed by atoms with Crippen molar-refractivity contribution in [2.24, 2.45) is 0 Å². The summed E-state index contributed by atoms with van der Waals surface area (Å²) >= 11 is 0. The van der Waals surface area contributed by atoms with Crippen molar-refractivity contribution >= 4 is 44.1 Å². The maximum Gasteiger partial charge on any atom is 1.00 e.